The van der Waals surface area contributed by atoms with Gasteiger partial charge in [-0.05, 0) is 12.1 Å². The molecule has 8 heteroatoms. The summed E-state index contributed by atoms with van der Waals surface area (Å²) in [4.78, 5) is 35.3. The zero-order valence-electron chi connectivity index (χ0n) is 13.5. The molecule has 2 amide bonds. The first kappa shape index (κ1) is 16.7. The zero-order valence-corrected chi connectivity index (χ0v) is 13.5. The fourth-order valence-electron chi connectivity index (χ4n) is 2.37. The third-order valence-electron chi connectivity index (χ3n) is 3.59. The van der Waals surface area contributed by atoms with Crippen molar-refractivity contribution in [1.29, 1.82) is 0 Å². The second-order valence-corrected chi connectivity index (χ2v) is 5.18. The molecule has 0 radical (unpaired) electrons. The van der Waals surface area contributed by atoms with Crippen LogP contribution in [0.25, 0.3) is 0 Å². The van der Waals surface area contributed by atoms with E-state index in [1.165, 1.54) is 0 Å². The van der Waals surface area contributed by atoms with Gasteiger partial charge in [-0.15, -0.1) is 0 Å². The monoisotopic (exact) mass is 318 g/mol. The van der Waals surface area contributed by atoms with Crippen LogP contribution in [0.5, 0.6) is 0 Å². The molecule has 0 bridgehead atoms. The summed E-state index contributed by atoms with van der Waals surface area (Å²) in [6.07, 6.45) is 3.24. The number of hydrogen-bond acceptors (Lipinski definition) is 4. The first-order valence-corrected chi connectivity index (χ1v) is 7.51. The Bertz CT molecular complexity index is 567. The van der Waals surface area contributed by atoms with Crippen LogP contribution >= 0.6 is 0 Å². The molecule has 2 rings (SSSR count). The summed E-state index contributed by atoms with van der Waals surface area (Å²) in [5.41, 5.74) is 0.657. The number of anilines is 1. The van der Waals surface area contributed by atoms with Crippen molar-refractivity contribution in [2.75, 3.05) is 45.1 Å². The number of nitrogens with zero attached hydrogens (tertiary/aromatic N) is 4. The molecule has 23 heavy (non-hydrogen) atoms. The number of aliphatic imine (C=N–C) groups is 1. The van der Waals surface area contributed by atoms with Crippen molar-refractivity contribution >= 4 is 23.5 Å². The third kappa shape index (κ3) is 4.94. The van der Waals surface area contributed by atoms with E-state index in [-0.39, 0.29) is 18.4 Å². The molecule has 1 aromatic heterocycles. The molecule has 0 unspecified atom stereocenters. The highest BCUT2D eigenvalue weighted by Crippen LogP contribution is 2.03. The van der Waals surface area contributed by atoms with Crippen LogP contribution < -0.4 is 10.6 Å². The fraction of sp³-hybridized carbons (Fsp3) is 0.467. The van der Waals surface area contributed by atoms with E-state index in [2.05, 4.69) is 20.6 Å². The topological polar surface area (TPSA) is 89.9 Å². The smallest absolute Gasteiger partial charge is 0.243 e. The molecule has 0 aromatic carbocycles. The number of guanidine groups is 1. The molecule has 124 valence electrons. The molecule has 0 aliphatic carbocycles. The van der Waals surface area contributed by atoms with Gasteiger partial charge in [0.05, 0.1) is 18.4 Å². The highest BCUT2D eigenvalue weighted by molar-refractivity contribution is 5.94. The second-order valence-electron chi connectivity index (χ2n) is 5.18. The predicted octanol–water partition coefficient (Wildman–Crippen LogP) is -0.240. The lowest BCUT2D eigenvalue weighted by atomic mass is 10.3. The number of carbonyl (C=O) groups is 2. The van der Waals surface area contributed by atoms with Crippen LogP contribution in [0.3, 0.4) is 0 Å². The van der Waals surface area contributed by atoms with Gasteiger partial charge in [0.2, 0.25) is 11.8 Å². The van der Waals surface area contributed by atoms with Gasteiger partial charge < -0.3 is 20.4 Å². The van der Waals surface area contributed by atoms with Crippen LogP contribution in [0.2, 0.25) is 0 Å². The molecule has 0 spiro atoms. The summed E-state index contributed by atoms with van der Waals surface area (Å²) in [5, 5.41) is 5.80. The van der Waals surface area contributed by atoms with Gasteiger partial charge in [0.15, 0.2) is 5.96 Å². The van der Waals surface area contributed by atoms with Gasteiger partial charge in [-0.1, -0.05) is 0 Å². The van der Waals surface area contributed by atoms with Gasteiger partial charge in [0.25, 0.3) is 0 Å². The summed E-state index contributed by atoms with van der Waals surface area (Å²) in [6, 6.07) is 3.54. The Hall–Kier alpha value is -2.64. The highest BCUT2D eigenvalue weighted by atomic mass is 16.2. The van der Waals surface area contributed by atoms with Gasteiger partial charge in [0.1, 0.15) is 0 Å². The van der Waals surface area contributed by atoms with Crippen LogP contribution in [0.1, 0.15) is 6.92 Å². The average molecular weight is 318 g/mol. The van der Waals surface area contributed by atoms with Crippen molar-refractivity contribution in [1.82, 2.24) is 20.1 Å². The van der Waals surface area contributed by atoms with Gasteiger partial charge in [0, 0.05) is 46.3 Å². The minimum absolute atomic E-state index is 0.0865. The number of aromatic nitrogens is 1. The molecule has 1 aliphatic rings. The van der Waals surface area contributed by atoms with Gasteiger partial charge in [-0.2, -0.15) is 0 Å². The lowest BCUT2D eigenvalue weighted by molar-refractivity contribution is -0.130. The Morgan fingerprint density at radius 1 is 1.26 bits per heavy atom. The largest absolute Gasteiger partial charge is 0.347 e. The first-order valence-electron chi connectivity index (χ1n) is 7.51. The number of hydrogen-bond donors (Lipinski definition) is 2. The van der Waals surface area contributed by atoms with E-state index in [0.29, 0.717) is 37.8 Å². The molecule has 1 aromatic rings. The van der Waals surface area contributed by atoms with E-state index in [9.17, 15) is 9.59 Å². The lowest BCUT2D eigenvalue weighted by Gasteiger charge is -2.36. The standard InChI is InChI=1S/C15H22N6O2/c1-12(22)20-6-8-21(9-7-20)15(16-2)18-11-14(23)19-13-4-3-5-17-10-13/h3-5,10H,6-9,11H2,1-2H3,(H,16,18)(H,19,23). The quantitative estimate of drug-likeness (QED) is 0.593. The number of rotatable bonds is 3. The predicted molar refractivity (Wildman–Crippen MR) is 88.1 cm³/mol. The molecule has 0 atom stereocenters. The van der Waals surface area contributed by atoms with E-state index in [1.54, 1.807) is 43.4 Å². The average Bonchev–Trinajstić information content (AvgIpc) is 2.56. The van der Waals surface area contributed by atoms with Crippen molar-refractivity contribution < 1.29 is 9.59 Å². The van der Waals surface area contributed by atoms with Crippen LogP contribution in [-0.2, 0) is 9.59 Å². The first-order chi connectivity index (χ1) is 11.1. The maximum atomic E-state index is 11.9. The number of nitrogens with one attached hydrogen (secondary N) is 2. The Balaban J connectivity index is 1.79. The van der Waals surface area contributed by atoms with Crippen LogP contribution in [0, 0.1) is 0 Å². The van der Waals surface area contributed by atoms with Crippen molar-refractivity contribution in [3.8, 4) is 0 Å². The number of pyridine rings is 1. The van der Waals surface area contributed by atoms with E-state index < -0.39 is 0 Å². The van der Waals surface area contributed by atoms with Gasteiger partial charge in [-0.3, -0.25) is 19.6 Å². The number of amides is 2. The Kier molecular flexibility index (Phi) is 5.90. The lowest BCUT2D eigenvalue weighted by Crippen LogP contribution is -2.54. The number of piperazine rings is 1. The molecule has 0 saturated carbocycles. The molecule has 8 nitrogen and oxygen atoms in total. The van der Waals surface area contributed by atoms with Crippen LogP contribution in [-0.4, -0.2) is 72.3 Å². The molecular formula is C15H22N6O2. The van der Waals surface area contributed by atoms with Crippen LogP contribution in [0.4, 0.5) is 5.69 Å². The van der Waals surface area contributed by atoms with Crippen LogP contribution in [0.15, 0.2) is 29.5 Å². The summed E-state index contributed by atoms with van der Waals surface area (Å²) < 4.78 is 0. The van der Waals surface area contributed by atoms with E-state index in [4.69, 9.17) is 0 Å². The Morgan fingerprint density at radius 2 is 1.96 bits per heavy atom. The minimum Gasteiger partial charge on any atom is -0.347 e. The molecule has 1 saturated heterocycles. The SMILES string of the molecule is CN=C(NCC(=O)Nc1cccnc1)N1CCN(C(C)=O)CC1. The van der Waals surface area contributed by atoms with Gasteiger partial charge >= 0.3 is 0 Å². The van der Waals surface area contributed by atoms with E-state index in [0.717, 1.165) is 0 Å². The summed E-state index contributed by atoms with van der Waals surface area (Å²) in [6.45, 7) is 4.42. The molecular weight excluding hydrogens is 296 g/mol. The Labute approximate surface area is 135 Å². The molecule has 2 N–H and O–H groups in total. The normalized spacial score (nSPS) is 15.3. The summed E-state index contributed by atoms with van der Waals surface area (Å²) in [5.74, 6) is 0.583. The Morgan fingerprint density at radius 3 is 2.52 bits per heavy atom. The second kappa shape index (κ2) is 8.11. The highest BCUT2D eigenvalue weighted by Gasteiger charge is 2.21. The summed E-state index contributed by atoms with van der Waals surface area (Å²) in [7, 11) is 1.68. The van der Waals surface area contributed by atoms with E-state index >= 15 is 0 Å². The van der Waals surface area contributed by atoms with Crippen molar-refractivity contribution in [2.45, 2.75) is 6.92 Å². The van der Waals surface area contributed by atoms with Crippen molar-refractivity contribution in [2.24, 2.45) is 4.99 Å². The molecule has 1 fully saturated rings. The maximum Gasteiger partial charge on any atom is 0.243 e. The molecule has 1 aliphatic heterocycles. The van der Waals surface area contributed by atoms with Gasteiger partial charge in [-0.25, -0.2) is 0 Å². The minimum atomic E-state index is -0.165. The third-order valence-corrected chi connectivity index (χ3v) is 3.59. The fourth-order valence-corrected chi connectivity index (χ4v) is 2.37. The van der Waals surface area contributed by atoms with Crippen molar-refractivity contribution in [3.63, 3.8) is 0 Å². The number of carbonyl (C=O) groups excluding carboxylic acids is 2. The molecule has 2 heterocycles. The van der Waals surface area contributed by atoms with Crippen molar-refractivity contribution in [3.05, 3.63) is 24.5 Å². The summed E-state index contributed by atoms with van der Waals surface area (Å²) >= 11 is 0. The maximum absolute atomic E-state index is 11.9. The zero-order chi connectivity index (χ0) is 16.7. The van der Waals surface area contributed by atoms with E-state index in [1.807, 2.05) is 4.90 Å².